The van der Waals surface area contributed by atoms with Crippen LogP contribution < -0.4 is 44.7 Å². The quantitative estimate of drug-likeness (QED) is 0.627. The fourth-order valence-corrected chi connectivity index (χ4v) is 2.19. The third-order valence-corrected chi connectivity index (χ3v) is 3.35. The van der Waals surface area contributed by atoms with E-state index < -0.39 is 5.97 Å². The molecule has 0 radical (unpaired) electrons. The van der Waals surface area contributed by atoms with E-state index in [0.717, 1.165) is 5.56 Å². The monoisotopic (exact) mass is 342 g/mol. The zero-order valence-electron chi connectivity index (χ0n) is 13.8. The Hall–Kier alpha value is -2.34. The topological polar surface area (TPSA) is 74.3 Å². The van der Waals surface area contributed by atoms with Crippen molar-refractivity contribution in [2.75, 3.05) is 5.32 Å². The number of anilines is 2. The Kier molecular flexibility index (Phi) is 7.01. The molecule has 120 valence electrons. The van der Waals surface area contributed by atoms with Crippen molar-refractivity contribution >= 4 is 17.5 Å². The molecule has 0 saturated heterocycles. The summed E-state index contributed by atoms with van der Waals surface area (Å²) in [5, 5.41) is 14.0. The van der Waals surface area contributed by atoms with E-state index in [1.165, 1.54) is 6.07 Å². The molecule has 2 aromatic carbocycles. The van der Waals surface area contributed by atoms with Crippen LogP contribution in [0.4, 0.5) is 11.5 Å². The van der Waals surface area contributed by atoms with Gasteiger partial charge in [-0.3, -0.25) is 0 Å². The molecule has 0 aliphatic rings. The van der Waals surface area contributed by atoms with Crippen molar-refractivity contribution in [3.05, 3.63) is 84.1 Å². The Balaban J connectivity index is 0.00000225. The van der Waals surface area contributed by atoms with Crippen LogP contribution in [-0.2, 0) is 6.61 Å². The fourth-order valence-electron chi connectivity index (χ4n) is 2.19. The van der Waals surface area contributed by atoms with Gasteiger partial charge in [-0.1, -0.05) is 48.5 Å². The van der Waals surface area contributed by atoms with Crippen molar-refractivity contribution in [3.63, 3.8) is 0 Å². The zero-order valence-corrected chi connectivity index (χ0v) is 15.8. The largest absolute Gasteiger partial charge is 1.00 e. The van der Waals surface area contributed by atoms with E-state index in [1.807, 2.05) is 54.6 Å². The first-order valence-corrected chi connectivity index (χ1v) is 7.43. The van der Waals surface area contributed by atoms with Crippen LogP contribution in [0, 0.1) is 0 Å². The molecule has 0 unspecified atom stereocenters. The number of aromatic nitrogens is 1. The summed E-state index contributed by atoms with van der Waals surface area (Å²) in [4.78, 5) is 14.9. The molecule has 0 amide bonds. The SMILES string of the molecule is O=C([O-])c1cccc(Nc2ccccc2OCc2ccccc2)n1.[Na+]. The number of ether oxygens (including phenoxy) is 1. The molecule has 5 nitrogen and oxygen atoms in total. The third-order valence-electron chi connectivity index (χ3n) is 3.35. The third kappa shape index (κ3) is 5.32. The summed E-state index contributed by atoms with van der Waals surface area (Å²) in [7, 11) is 0. The van der Waals surface area contributed by atoms with Crippen LogP contribution >= 0.6 is 0 Å². The van der Waals surface area contributed by atoms with Crippen LogP contribution in [0.1, 0.15) is 16.1 Å². The number of para-hydroxylation sites is 2. The maximum absolute atomic E-state index is 10.9. The number of benzene rings is 2. The second-order valence-electron chi connectivity index (χ2n) is 5.09. The van der Waals surface area contributed by atoms with Gasteiger partial charge in [-0.25, -0.2) is 4.98 Å². The van der Waals surface area contributed by atoms with Gasteiger partial charge >= 0.3 is 29.6 Å². The Bertz CT molecular complexity index is 841. The first-order valence-electron chi connectivity index (χ1n) is 7.43. The molecule has 1 heterocycles. The van der Waals surface area contributed by atoms with Crippen LogP contribution in [0.5, 0.6) is 5.75 Å². The van der Waals surface area contributed by atoms with Gasteiger partial charge in [-0.15, -0.1) is 0 Å². The molecular formula is C19H15N2NaO3. The summed E-state index contributed by atoms with van der Waals surface area (Å²) in [5.41, 5.74) is 1.64. The number of nitrogens with zero attached hydrogens (tertiary/aromatic N) is 1. The molecule has 3 aromatic rings. The minimum absolute atomic E-state index is 0. The summed E-state index contributed by atoms with van der Waals surface area (Å²) in [6, 6.07) is 21.9. The number of aromatic carboxylic acids is 1. The Labute approximate surface area is 168 Å². The van der Waals surface area contributed by atoms with Gasteiger partial charge in [0, 0.05) is 0 Å². The molecule has 0 fully saturated rings. The number of pyridine rings is 1. The second kappa shape index (κ2) is 9.22. The summed E-state index contributed by atoms with van der Waals surface area (Å²) in [6.07, 6.45) is 0. The summed E-state index contributed by atoms with van der Waals surface area (Å²) < 4.78 is 5.85. The zero-order chi connectivity index (χ0) is 16.8. The molecule has 1 N–H and O–H groups in total. The van der Waals surface area contributed by atoms with E-state index in [-0.39, 0.29) is 35.3 Å². The van der Waals surface area contributed by atoms with Gasteiger partial charge in [-0.05, 0) is 29.8 Å². The minimum Gasteiger partial charge on any atom is -0.543 e. The molecule has 1 aromatic heterocycles. The maximum atomic E-state index is 10.9. The number of carboxylic acids is 1. The van der Waals surface area contributed by atoms with Crippen molar-refractivity contribution in [1.82, 2.24) is 4.98 Å². The van der Waals surface area contributed by atoms with E-state index in [1.54, 1.807) is 12.1 Å². The molecule has 3 rings (SSSR count). The van der Waals surface area contributed by atoms with Gasteiger partial charge in [0.2, 0.25) is 0 Å². The standard InChI is InChI=1S/C19H16N2O3.Na/c22-19(23)16-10-6-12-18(21-16)20-15-9-4-5-11-17(15)24-13-14-7-2-1-3-8-14;/h1-12H,13H2,(H,20,21)(H,22,23);/q;+1/p-1. The van der Waals surface area contributed by atoms with Crippen LogP contribution in [0.2, 0.25) is 0 Å². The Morgan fingerprint density at radius 1 is 0.960 bits per heavy atom. The van der Waals surface area contributed by atoms with Crippen molar-refractivity contribution in [2.45, 2.75) is 6.61 Å². The molecule has 0 saturated carbocycles. The average molecular weight is 342 g/mol. The van der Waals surface area contributed by atoms with Crippen LogP contribution in [-0.4, -0.2) is 11.0 Å². The van der Waals surface area contributed by atoms with Crippen LogP contribution in [0.15, 0.2) is 72.8 Å². The van der Waals surface area contributed by atoms with Crippen LogP contribution in [0.3, 0.4) is 0 Å². The molecule has 0 aliphatic carbocycles. The van der Waals surface area contributed by atoms with Gasteiger partial charge in [0.15, 0.2) is 0 Å². The number of hydrogen-bond acceptors (Lipinski definition) is 5. The van der Waals surface area contributed by atoms with Crippen molar-refractivity contribution in [2.24, 2.45) is 0 Å². The predicted octanol–water partition coefficient (Wildman–Crippen LogP) is -0.228. The fraction of sp³-hybridized carbons (Fsp3) is 0.0526. The van der Waals surface area contributed by atoms with E-state index >= 15 is 0 Å². The summed E-state index contributed by atoms with van der Waals surface area (Å²) >= 11 is 0. The van der Waals surface area contributed by atoms with Crippen molar-refractivity contribution in [1.29, 1.82) is 0 Å². The van der Waals surface area contributed by atoms with Gasteiger partial charge < -0.3 is 20.0 Å². The van der Waals surface area contributed by atoms with Gasteiger partial charge in [0.25, 0.3) is 0 Å². The molecule has 0 aliphatic heterocycles. The summed E-state index contributed by atoms with van der Waals surface area (Å²) in [5.74, 6) is -0.248. The number of carboxylic acid groups (broad SMARTS) is 1. The number of hydrogen-bond donors (Lipinski definition) is 1. The number of carbonyl (C=O) groups excluding carboxylic acids is 1. The molecular weight excluding hydrogens is 327 g/mol. The molecule has 0 spiro atoms. The predicted molar refractivity (Wildman–Crippen MR) is 89.1 cm³/mol. The minimum atomic E-state index is -1.31. The molecule has 0 bridgehead atoms. The van der Waals surface area contributed by atoms with E-state index in [0.29, 0.717) is 23.9 Å². The van der Waals surface area contributed by atoms with Crippen LogP contribution in [0.25, 0.3) is 0 Å². The molecule has 6 heteroatoms. The number of rotatable bonds is 6. The number of carbonyl (C=O) groups is 1. The number of nitrogens with one attached hydrogen (secondary N) is 1. The smallest absolute Gasteiger partial charge is 0.543 e. The Morgan fingerprint density at radius 3 is 2.44 bits per heavy atom. The second-order valence-corrected chi connectivity index (χ2v) is 5.09. The Morgan fingerprint density at radius 2 is 1.68 bits per heavy atom. The van der Waals surface area contributed by atoms with Crippen molar-refractivity contribution < 1.29 is 44.2 Å². The van der Waals surface area contributed by atoms with Gasteiger partial charge in [-0.2, -0.15) is 0 Å². The average Bonchev–Trinajstić information content (AvgIpc) is 2.62. The van der Waals surface area contributed by atoms with Crippen molar-refractivity contribution in [3.8, 4) is 5.75 Å². The van der Waals surface area contributed by atoms with E-state index in [4.69, 9.17) is 4.74 Å². The first kappa shape index (κ1) is 19.0. The van der Waals surface area contributed by atoms with E-state index in [9.17, 15) is 9.90 Å². The normalized spacial score (nSPS) is 9.76. The van der Waals surface area contributed by atoms with E-state index in [2.05, 4.69) is 10.3 Å². The summed E-state index contributed by atoms with van der Waals surface area (Å²) in [6.45, 7) is 0.437. The maximum Gasteiger partial charge on any atom is 1.00 e. The van der Waals surface area contributed by atoms with Gasteiger partial charge in [0.05, 0.1) is 17.4 Å². The molecule has 25 heavy (non-hydrogen) atoms. The first-order chi connectivity index (χ1) is 11.7. The van der Waals surface area contributed by atoms with Gasteiger partial charge in [0.1, 0.15) is 18.2 Å². The molecule has 0 atom stereocenters.